The third-order valence-corrected chi connectivity index (χ3v) is 2.62. The lowest BCUT2D eigenvalue weighted by Crippen LogP contribution is -2.15. The van der Waals surface area contributed by atoms with Gasteiger partial charge in [0.1, 0.15) is 0 Å². The Morgan fingerprint density at radius 1 is 1.12 bits per heavy atom. The Hall–Kier alpha value is -1.74. The third-order valence-electron chi connectivity index (χ3n) is 2.62. The number of aromatic nitrogens is 2. The largest absolute Gasteiger partial charge is 0.330 e. The van der Waals surface area contributed by atoms with Crippen molar-refractivity contribution in [3.05, 3.63) is 60.2 Å². The van der Waals surface area contributed by atoms with Gasteiger partial charge < -0.3 is 5.73 Å². The first kappa shape index (κ1) is 10.8. The molecule has 0 saturated heterocycles. The molecule has 0 aliphatic rings. The predicted octanol–water partition coefficient (Wildman–Crippen LogP) is 1.76. The normalized spacial score (nSPS) is 12.3. The first-order valence-corrected chi connectivity index (χ1v) is 5.40. The van der Waals surface area contributed by atoms with Crippen molar-refractivity contribution in [2.24, 2.45) is 5.73 Å². The second-order valence-electron chi connectivity index (χ2n) is 3.74. The lowest BCUT2D eigenvalue weighted by molar-refractivity contribution is 0.679. The van der Waals surface area contributed by atoms with Crippen LogP contribution in [0.25, 0.3) is 0 Å². The number of pyridine rings is 2. The van der Waals surface area contributed by atoms with Crippen LogP contribution in [0.5, 0.6) is 0 Å². The summed E-state index contributed by atoms with van der Waals surface area (Å²) in [7, 11) is 0. The average molecular weight is 213 g/mol. The van der Waals surface area contributed by atoms with Crippen molar-refractivity contribution in [2.45, 2.75) is 12.3 Å². The Balaban J connectivity index is 2.13. The van der Waals surface area contributed by atoms with Gasteiger partial charge in [-0.25, -0.2) is 0 Å². The van der Waals surface area contributed by atoms with Gasteiger partial charge in [0.2, 0.25) is 0 Å². The van der Waals surface area contributed by atoms with E-state index < -0.39 is 0 Å². The maximum atomic E-state index is 5.80. The molecule has 1 atom stereocenters. The lowest BCUT2D eigenvalue weighted by Gasteiger charge is -2.13. The zero-order valence-corrected chi connectivity index (χ0v) is 9.08. The van der Waals surface area contributed by atoms with Crippen molar-refractivity contribution in [1.29, 1.82) is 0 Å². The summed E-state index contributed by atoms with van der Waals surface area (Å²) < 4.78 is 0. The Labute approximate surface area is 95.4 Å². The molecule has 0 spiro atoms. The number of nitrogens with zero attached hydrogens (tertiary/aromatic N) is 2. The van der Waals surface area contributed by atoms with Gasteiger partial charge in [-0.1, -0.05) is 12.1 Å². The fraction of sp³-hybridized carbons (Fsp3) is 0.231. The lowest BCUT2D eigenvalue weighted by atomic mass is 9.95. The molecule has 2 aromatic heterocycles. The Morgan fingerprint density at radius 2 is 2.06 bits per heavy atom. The van der Waals surface area contributed by atoms with Gasteiger partial charge in [-0.05, 0) is 36.7 Å². The highest BCUT2D eigenvalue weighted by atomic mass is 14.7. The molecule has 2 aromatic rings. The van der Waals surface area contributed by atoms with E-state index in [1.54, 1.807) is 6.20 Å². The highest BCUT2D eigenvalue weighted by Crippen LogP contribution is 2.17. The van der Waals surface area contributed by atoms with Crippen molar-refractivity contribution < 1.29 is 0 Å². The maximum absolute atomic E-state index is 5.80. The zero-order chi connectivity index (χ0) is 11.2. The number of rotatable bonds is 4. The summed E-state index contributed by atoms with van der Waals surface area (Å²) in [6.45, 7) is 0.613. The standard InChI is InChI=1S/C13H15N3/c14-9-12(11-4-3-6-15-10-11)8-13-5-1-2-7-16-13/h1-7,10,12H,8-9,14H2. The Kier molecular flexibility index (Phi) is 3.62. The second-order valence-corrected chi connectivity index (χ2v) is 3.74. The number of hydrogen-bond donors (Lipinski definition) is 1. The van der Waals surface area contributed by atoms with Gasteiger partial charge in [0.15, 0.2) is 0 Å². The minimum Gasteiger partial charge on any atom is -0.330 e. The van der Waals surface area contributed by atoms with Gasteiger partial charge in [-0.2, -0.15) is 0 Å². The molecule has 0 aromatic carbocycles. The molecule has 0 radical (unpaired) electrons. The maximum Gasteiger partial charge on any atom is 0.0410 e. The van der Waals surface area contributed by atoms with Crippen LogP contribution in [-0.4, -0.2) is 16.5 Å². The van der Waals surface area contributed by atoms with Crippen LogP contribution in [0.15, 0.2) is 48.9 Å². The summed E-state index contributed by atoms with van der Waals surface area (Å²) in [5, 5.41) is 0. The van der Waals surface area contributed by atoms with Gasteiger partial charge in [0.05, 0.1) is 0 Å². The van der Waals surface area contributed by atoms with Crippen molar-refractivity contribution >= 4 is 0 Å². The van der Waals surface area contributed by atoms with Crippen LogP contribution >= 0.6 is 0 Å². The van der Waals surface area contributed by atoms with Crippen LogP contribution in [-0.2, 0) is 6.42 Å². The first-order valence-electron chi connectivity index (χ1n) is 5.40. The van der Waals surface area contributed by atoms with E-state index in [0.29, 0.717) is 12.5 Å². The van der Waals surface area contributed by atoms with Crippen molar-refractivity contribution in [1.82, 2.24) is 9.97 Å². The number of hydrogen-bond acceptors (Lipinski definition) is 3. The quantitative estimate of drug-likeness (QED) is 0.842. The minimum atomic E-state index is 0.295. The van der Waals surface area contributed by atoms with E-state index in [1.165, 1.54) is 5.56 Å². The first-order chi connectivity index (χ1) is 7.90. The molecule has 0 aliphatic heterocycles. The van der Waals surface area contributed by atoms with E-state index in [9.17, 15) is 0 Å². The summed E-state index contributed by atoms with van der Waals surface area (Å²) in [5.74, 6) is 0.295. The average Bonchev–Trinajstić information content (AvgIpc) is 2.38. The SMILES string of the molecule is NCC(Cc1ccccn1)c1cccnc1. The fourth-order valence-electron chi connectivity index (χ4n) is 1.73. The number of nitrogens with two attached hydrogens (primary N) is 1. The smallest absolute Gasteiger partial charge is 0.0410 e. The summed E-state index contributed by atoms with van der Waals surface area (Å²) in [4.78, 5) is 8.44. The summed E-state index contributed by atoms with van der Waals surface area (Å²) in [6.07, 6.45) is 6.33. The molecule has 2 rings (SSSR count). The summed E-state index contributed by atoms with van der Waals surface area (Å²) in [6, 6.07) is 9.95. The molecule has 2 N–H and O–H groups in total. The molecule has 0 fully saturated rings. The van der Waals surface area contributed by atoms with Gasteiger partial charge in [0, 0.05) is 30.2 Å². The topological polar surface area (TPSA) is 51.8 Å². The monoisotopic (exact) mass is 213 g/mol. The molecule has 2 heterocycles. The van der Waals surface area contributed by atoms with Crippen LogP contribution in [0.4, 0.5) is 0 Å². The molecule has 0 amide bonds. The molecule has 1 unspecified atom stereocenters. The van der Waals surface area contributed by atoms with Crippen molar-refractivity contribution in [2.75, 3.05) is 6.54 Å². The second kappa shape index (κ2) is 5.37. The van der Waals surface area contributed by atoms with Crippen molar-refractivity contribution in [3.63, 3.8) is 0 Å². The summed E-state index contributed by atoms with van der Waals surface area (Å²) in [5.41, 5.74) is 8.04. The highest BCUT2D eigenvalue weighted by molar-refractivity contribution is 5.18. The molecule has 0 bridgehead atoms. The van der Waals surface area contributed by atoms with Crippen LogP contribution in [0.3, 0.4) is 0 Å². The van der Waals surface area contributed by atoms with Crippen LogP contribution < -0.4 is 5.73 Å². The van der Waals surface area contributed by atoms with E-state index in [4.69, 9.17) is 5.73 Å². The van der Waals surface area contributed by atoms with E-state index in [1.807, 2.05) is 36.7 Å². The molecular weight excluding hydrogens is 198 g/mol. The van der Waals surface area contributed by atoms with Crippen LogP contribution in [0, 0.1) is 0 Å². The summed E-state index contributed by atoms with van der Waals surface area (Å²) >= 11 is 0. The van der Waals surface area contributed by atoms with E-state index >= 15 is 0 Å². The predicted molar refractivity (Wildman–Crippen MR) is 64.0 cm³/mol. The van der Waals surface area contributed by atoms with E-state index in [0.717, 1.165) is 12.1 Å². The van der Waals surface area contributed by atoms with Crippen molar-refractivity contribution in [3.8, 4) is 0 Å². The fourth-order valence-corrected chi connectivity index (χ4v) is 1.73. The van der Waals surface area contributed by atoms with Gasteiger partial charge >= 0.3 is 0 Å². The molecular formula is C13H15N3. The molecule has 3 nitrogen and oxygen atoms in total. The van der Waals surface area contributed by atoms with Crippen LogP contribution in [0.1, 0.15) is 17.2 Å². The molecule has 0 aliphatic carbocycles. The van der Waals surface area contributed by atoms with E-state index in [-0.39, 0.29) is 0 Å². The van der Waals surface area contributed by atoms with Gasteiger partial charge in [0.25, 0.3) is 0 Å². The molecule has 0 saturated carbocycles. The van der Waals surface area contributed by atoms with E-state index in [2.05, 4.69) is 16.0 Å². The third kappa shape index (κ3) is 2.64. The van der Waals surface area contributed by atoms with Gasteiger partial charge in [-0.15, -0.1) is 0 Å². The minimum absolute atomic E-state index is 0.295. The molecule has 82 valence electrons. The highest BCUT2D eigenvalue weighted by Gasteiger charge is 2.10. The van der Waals surface area contributed by atoms with Gasteiger partial charge in [-0.3, -0.25) is 9.97 Å². The Bertz CT molecular complexity index is 414. The molecule has 16 heavy (non-hydrogen) atoms. The zero-order valence-electron chi connectivity index (χ0n) is 9.08. The molecule has 3 heteroatoms. The van der Waals surface area contributed by atoms with Crippen LogP contribution in [0.2, 0.25) is 0 Å². The Morgan fingerprint density at radius 3 is 2.69 bits per heavy atom.